The van der Waals surface area contributed by atoms with Crippen LogP contribution in [-0.4, -0.2) is 31.1 Å². The van der Waals surface area contributed by atoms with Crippen LogP contribution in [0.1, 0.15) is 31.7 Å². The van der Waals surface area contributed by atoms with Crippen LogP contribution in [0.25, 0.3) is 0 Å². The zero-order valence-electron chi connectivity index (χ0n) is 13.0. The molecule has 1 aromatic rings. The summed E-state index contributed by atoms with van der Waals surface area (Å²) in [4.78, 5) is 23.7. The summed E-state index contributed by atoms with van der Waals surface area (Å²) in [5, 5.41) is 8.10. The van der Waals surface area contributed by atoms with Gasteiger partial charge in [0.2, 0.25) is 5.91 Å². The Kier molecular flexibility index (Phi) is 5.00. The summed E-state index contributed by atoms with van der Waals surface area (Å²) in [5.74, 6) is -0.269. The average Bonchev–Trinajstić information content (AvgIpc) is 3.23. The van der Waals surface area contributed by atoms with E-state index < -0.39 is 6.04 Å². The number of halogens is 1. The molecule has 3 atom stereocenters. The molecule has 22 heavy (non-hydrogen) atoms. The molecule has 120 valence electrons. The molecule has 2 rings (SSSR count). The summed E-state index contributed by atoms with van der Waals surface area (Å²) >= 11 is 0. The lowest BCUT2D eigenvalue weighted by Crippen LogP contribution is -2.52. The standard InChI is InChI=1S/C16H22FN3O2/c1-9(2)14(15(21)18-3)20-16(22)19-13-8-12(13)10-4-6-11(17)7-5-10/h4-7,9,12-14H,8H2,1-3H3,(H,18,21)(H2,19,20,22)/t12-,13+,14-/m0/s1. The summed E-state index contributed by atoms with van der Waals surface area (Å²) in [7, 11) is 1.54. The van der Waals surface area contributed by atoms with Crippen molar-refractivity contribution in [2.45, 2.75) is 38.3 Å². The monoisotopic (exact) mass is 307 g/mol. The number of likely N-dealkylation sites (N-methyl/N-ethyl adjacent to an activating group) is 1. The third kappa shape index (κ3) is 3.96. The van der Waals surface area contributed by atoms with Crippen molar-refractivity contribution in [2.75, 3.05) is 7.05 Å². The predicted molar refractivity (Wildman–Crippen MR) is 81.9 cm³/mol. The molecule has 6 heteroatoms. The van der Waals surface area contributed by atoms with E-state index in [0.717, 1.165) is 12.0 Å². The number of nitrogens with one attached hydrogen (secondary N) is 3. The maximum atomic E-state index is 12.9. The van der Waals surface area contributed by atoms with E-state index in [1.165, 1.54) is 12.1 Å². The summed E-state index contributed by atoms with van der Waals surface area (Å²) < 4.78 is 12.9. The van der Waals surface area contributed by atoms with E-state index >= 15 is 0 Å². The van der Waals surface area contributed by atoms with Crippen molar-refractivity contribution in [1.29, 1.82) is 0 Å². The maximum Gasteiger partial charge on any atom is 0.315 e. The Balaban J connectivity index is 1.86. The van der Waals surface area contributed by atoms with Gasteiger partial charge in [0.05, 0.1) is 0 Å². The minimum absolute atomic E-state index is 0.00204. The van der Waals surface area contributed by atoms with Gasteiger partial charge in [-0.15, -0.1) is 0 Å². The van der Waals surface area contributed by atoms with Crippen molar-refractivity contribution in [2.24, 2.45) is 5.92 Å². The molecule has 1 aromatic carbocycles. The summed E-state index contributed by atoms with van der Waals surface area (Å²) in [6, 6.07) is 5.44. The first-order chi connectivity index (χ1) is 10.4. The molecule has 1 saturated carbocycles. The number of hydrogen-bond donors (Lipinski definition) is 3. The molecule has 1 aliphatic carbocycles. The van der Waals surface area contributed by atoms with Crippen molar-refractivity contribution in [3.05, 3.63) is 35.6 Å². The largest absolute Gasteiger partial charge is 0.357 e. The first-order valence-electron chi connectivity index (χ1n) is 7.46. The van der Waals surface area contributed by atoms with E-state index in [0.29, 0.717) is 0 Å². The highest BCUT2D eigenvalue weighted by molar-refractivity contribution is 5.87. The molecule has 0 aliphatic heterocycles. The Morgan fingerprint density at radius 1 is 1.23 bits per heavy atom. The van der Waals surface area contributed by atoms with Crippen LogP contribution >= 0.6 is 0 Å². The zero-order chi connectivity index (χ0) is 16.3. The van der Waals surface area contributed by atoms with E-state index in [1.807, 2.05) is 13.8 Å². The first-order valence-corrected chi connectivity index (χ1v) is 7.46. The van der Waals surface area contributed by atoms with E-state index in [1.54, 1.807) is 19.2 Å². The van der Waals surface area contributed by atoms with Crippen LogP contribution in [0.4, 0.5) is 9.18 Å². The Hall–Kier alpha value is -2.11. The molecule has 1 aliphatic rings. The third-order valence-corrected chi connectivity index (χ3v) is 3.89. The molecular weight excluding hydrogens is 285 g/mol. The van der Waals surface area contributed by atoms with E-state index in [-0.39, 0.29) is 35.6 Å². The van der Waals surface area contributed by atoms with Crippen LogP contribution in [0.3, 0.4) is 0 Å². The van der Waals surface area contributed by atoms with Crippen LogP contribution in [-0.2, 0) is 4.79 Å². The van der Waals surface area contributed by atoms with Crippen LogP contribution in [0.15, 0.2) is 24.3 Å². The summed E-state index contributed by atoms with van der Waals surface area (Å²) in [6.45, 7) is 3.75. The number of carbonyl (C=O) groups is 2. The average molecular weight is 307 g/mol. The number of amides is 3. The van der Waals surface area contributed by atoms with Gasteiger partial charge in [0.25, 0.3) is 0 Å². The van der Waals surface area contributed by atoms with Gasteiger partial charge in [-0.1, -0.05) is 26.0 Å². The summed E-state index contributed by atoms with van der Waals surface area (Å²) in [5.41, 5.74) is 1.01. The molecule has 0 spiro atoms. The molecule has 3 N–H and O–H groups in total. The topological polar surface area (TPSA) is 70.2 Å². The van der Waals surface area contributed by atoms with Crippen molar-refractivity contribution in [3.8, 4) is 0 Å². The Morgan fingerprint density at radius 2 is 1.86 bits per heavy atom. The molecule has 5 nitrogen and oxygen atoms in total. The van der Waals surface area contributed by atoms with Crippen molar-refractivity contribution in [3.63, 3.8) is 0 Å². The molecule has 0 unspecified atom stereocenters. The van der Waals surface area contributed by atoms with Crippen molar-refractivity contribution < 1.29 is 14.0 Å². The van der Waals surface area contributed by atoms with Crippen LogP contribution < -0.4 is 16.0 Å². The van der Waals surface area contributed by atoms with Gasteiger partial charge in [0.1, 0.15) is 11.9 Å². The fourth-order valence-corrected chi connectivity index (χ4v) is 2.47. The van der Waals surface area contributed by atoms with Gasteiger partial charge >= 0.3 is 6.03 Å². The first kappa shape index (κ1) is 16.3. The van der Waals surface area contributed by atoms with Crippen molar-refractivity contribution in [1.82, 2.24) is 16.0 Å². The Labute approximate surface area is 129 Å². The lowest BCUT2D eigenvalue weighted by atomic mass is 10.0. The molecular formula is C16H22FN3O2. The Morgan fingerprint density at radius 3 is 2.41 bits per heavy atom. The molecule has 0 bridgehead atoms. The number of benzene rings is 1. The number of urea groups is 1. The second-order valence-corrected chi connectivity index (χ2v) is 5.95. The van der Waals surface area contributed by atoms with Crippen molar-refractivity contribution >= 4 is 11.9 Å². The second-order valence-electron chi connectivity index (χ2n) is 5.95. The lowest BCUT2D eigenvalue weighted by Gasteiger charge is -2.21. The van der Waals surface area contributed by atoms with E-state index in [4.69, 9.17) is 0 Å². The lowest BCUT2D eigenvalue weighted by molar-refractivity contribution is -0.123. The van der Waals surface area contributed by atoms with Crippen LogP contribution in [0, 0.1) is 11.7 Å². The fourth-order valence-electron chi connectivity index (χ4n) is 2.47. The normalized spacial score (nSPS) is 21.1. The number of hydrogen-bond acceptors (Lipinski definition) is 2. The zero-order valence-corrected chi connectivity index (χ0v) is 13.0. The molecule has 0 radical (unpaired) electrons. The highest BCUT2D eigenvalue weighted by Crippen LogP contribution is 2.40. The van der Waals surface area contributed by atoms with Gasteiger partial charge < -0.3 is 16.0 Å². The van der Waals surface area contributed by atoms with Gasteiger partial charge in [-0.3, -0.25) is 4.79 Å². The van der Waals surface area contributed by atoms with Gasteiger partial charge in [-0.25, -0.2) is 9.18 Å². The third-order valence-electron chi connectivity index (χ3n) is 3.89. The number of carbonyl (C=O) groups excluding carboxylic acids is 2. The van der Waals surface area contributed by atoms with Gasteiger partial charge in [-0.05, 0) is 30.0 Å². The predicted octanol–water partition coefficient (Wildman–Crippen LogP) is 1.75. The SMILES string of the molecule is CNC(=O)[C@@H](NC(=O)N[C@@H]1C[C@H]1c1ccc(F)cc1)C(C)C. The summed E-state index contributed by atoms with van der Waals surface area (Å²) in [6.07, 6.45) is 0.825. The smallest absolute Gasteiger partial charge is 0.315 e. The van der Waals surface area contributed by atoms with E-state index in [2.05, 4.69) is 16.0 Å². The Bertz CT molecular complexity index is 545. The minimum atomic E-state index is -0.562. The highest BCUT2D eigenvalue weighted by Gasteiger charge is 2.40. The van der Waals surface area contributed by atoms with Gasteiger partial charge in [0, 0.05) is 19.0 Å². The van der Waals surface area contributed by atoms with Gasteiger partial charge in [-0.2, -0.15) is 0 Å². The van der Waals surface area contributed by atoms with Gasteiger partial charge in [0.15, 0.2) is 0 Å². The molecule has 0 heterocycles. The maximum absolute atomic E-state index is 12.9. The highest BCUT2D eigenvalue weighted by atomic mass is 19.1. The second kappa shape index (κ2) is 6.77. The quantitative estimate of drug-likeness (QED) is 0.775. The molecule has 0 aromatic heterocycles. The fraction of sp³-hybridized carbons (Fsp3) is 0.500. The molecule has 0 saturated heterocycles. The molecule has 3 amide bonds. The van der Waals surface area contributed by atoms with E-state index in [9.17, 15) is 14.0 Å². The van der Waals surface area contributed by atoms with Crippen LogP contribution in [0.2, 0.25) is 0 Å². The number of rotatable bonds is 5. The minimum Gasteiger partial charge on any atom is -0.357 e. The van der Waals surface area contributed by atoms with Crippen LogP contribution in [0.5, 0.6) is 0 Å². The molecule has 1 fully saturated rings.